The maximum atomic E-state index is 12.6. The van der Waals surface area contributed by atoms with Crippen LogP contribution in [0.15, 0.2) is 45.7 Å². The second kappa shape index (κ2) is 16.7. The van der Waals surface area contributed by atoms with E-state index in [0.717, 1.165) is 43.1 Å². The Balaban J connectivity index is 1.31. The molecule has 218 valence electrons. The average molecular weight is 552 g/mol. The molecule has 0 N–H and O–H groups in total. The highest BCUT2D eigenvalue weighted by Gasteiger charge is 2.14. The zero-order valence-corrected chi connectivity index (χ0v) is 24.6. The van der Waals surface area contributed by atoms with Gasteiger partial charge in [0.1, 0.15) is 5.75 Å². The number of methoxy groups -OCH3 is 1. The Labute approximate surface area is 238 Å². The zero-order valence-electron chi connectivity index (χ0n) is 24.6. The minimum atomic E-state index is -0.426. The van der Waals surface area contributed by atoms with Gasteiger partial charge in [-0.1, -0.05) is 77.3 Å². The van der Waals surface area contributed by atoms with Crippen molar-refractivity contribution < 1.29 is 23.4 Å². The molecule has 1 atom stereocenters. The molecule has 0 radical (unpaired) electrons. The van der Waals surface area contributed by atoms with Crippen LogP contribution in [0.3, 0.4) is 0 Å². The Bertz CT molecular complexity index is 1270. The first-order valence-electron chi connectivity index (χ1n) is 14.8. The summed E-state index contributed by atoms with van der Waals surface area (Å²) in [5.74, 6) is 1.10. The number of unbranched alkanes of at least 4 members (excludes halogenated alkanes) is 9. The molecule has 3 rings (SSSR count). The number of hydrogen-bond acceptors (Lipinski definition) is 7. The summed E-state index contributed by atoms with van der Waals surface area (Å²) in [6.45, 7) is 7.06. The third-order valence-electron chi connectivity index (χ3n) is 7.29. The van der Waals surface area contributed by atoms with Crippen LogP contribution in [0.4, 0.5) is 0 Å². The van der Waals surface area contributed by atoms with Crippen molar-refractivity contribution in [3.8, 4) is 22.8 Å². The van der Waals surface area contributed by atoms with Crippen molar-refractivity contribution >= 4 is 16.9 Å². The lowest BCUT2D eigenvalue weighted by Gasteiger charge is -2.10. The molecule has 40 heavy (non-hydrogen) atoms. The van der Waals surface area contributed by atoms with Crippen molar-refractivity contribution in [2.75, 3.05) is 20.3 Å². The van der Waals surface area contributed by atoms with E-state index < -0.39 is 5.63 Å². The van der Waals surface area contributed by atoms with Crippen molar-refractivity contribution in [2.24, 2.45) is 5.92 Å². The van der Waals surface area contributed by atoms with Gasteiger partial charge in [0, 0.05) is 17.0 Å². The van der Waals surface area contributed by atoms with E-state index >= 15 is 0 Å². The first-order valence-corrected chi connectivity index (χ1v) is 14.8. The number of nitrogens with zero attached hydrogens (tertiary/aromatic N) is 1. The second-order valence-electron chi connectivity index (χ2n) is 10.6. The second-order valence-corrected chi connectivity index (χ2v) is 10.6. The highest BCUT2D eigenvalue weighted by Crippen LogP contribution is 2.31. The lowest BCUT2D eigenvalue weighted by Crippen LogP contribution is -2.14. The number of carbonyl (C=O) groups excluding carboxylic acids is 1. The Hall–Kier alpha value is -3.35. The first-order chi connectivity index (χ1) is 19.4. The van der Waals surface area contributed by atoms with Crippen molar-refractivity contribution in [2.45, 2.75) is 91.4 Å². The molecule has 0 aliphatic carbocycles. The van der Waals surface area contributed by atoms with Crippen LogP contribution in [0, 0.1) is 12.8 Å². The predicted octanol–water partition coefficient (Wildman–Crippen LogP) is 8.04. The molecule has 0 aliphatic rings. The summed E-state index contributed by atoms with van der Waals surface area (Å²) in [7, 11) is 1.59. The Morgan fingerprint density at radius 1 is 0.900 bits per heavy atom. The highest BCUT2D eigenvalue weighted by molar-refractivity contribution is 5.83. The summed E-state index contributed by atoms with van der Waals surface area (Å²) >= 11 is 0. The molecule has 3 aromatic rings. The van der Waals surface area contributed by atoms with E-state index in [2.05, 4.69) is 4.98 Å². The van der Waals surface area contributed by atoms with Gasteiger partial charge >= 0.3 is 11.6 Å². The van der Waals surface area contributed by atoms with E-state index in [9.17, 15) is 9.59 Å². The number of carbonyl (C=O) groups is 1. The summed E-state index contributed by atoms with van der Waals surface area (Å²) in [6, 6.07) is 9.35. The normalized spacial score (nSPS) is 11.9. The van der Waals surface area contributed by atoms with Gasteiger partial charge in [0.2, 0.25) is 5.88 Å². The van der Waals surface area contributed by atoms with E-state index in [4.69, 9.17) is 18.6 Å². The summed E-state index contributed by atoms with van der Waals surface area (Å²) < 4.78 is 22.2. The van der Waals surface area contributed by atoms with E-state index in [1.165, 1.54) is 38.5 Å². The molecular formula is C33H45NO6. The smallest absolute Gasteiger partial charge is 0.344 e. The summed E-state index contributed by atoms with van der Waals surface area (Å²) in [5, 5.41) is 0.759. The highest BCUT2D eigenvalue weighted by atomic mass is 16.5. The van der Waals surface area contributed by atoms with Crippen LogP contribution in [0.5, 0.6) is 11.6 Å². The van der Waals surface area contributed by atoms with Crippen molar-refractivity contribution in [3.05, 3.63) is 52.5 Å². The Morgan fingerprint density at radius 3 is 2.20 bits per heavy atom. The van der Waals surface area contributed by atoms with Gasteiger partial charge in [0.15, 0.2) is 5.58 Å². The van der Waals surface area contributed by atoms with Crippen LogP contribution >= 0.6 is 0 Å². The molecule has 0 aliphatic heterocycles. The molecule has 0 fully saturated rings. The topological polar surface area (TPSA) is 87.9 Å². The number of aryl methyl sites for hydroxylation is 1. The minimum absolute atomic E-state index is 0.0103. The third-order valence-corrected chi connectivity index (χ3v) is 7.29. The first kappa shape index (κ1) is 31.2. The quantitative estimate of drug-likeness (QED) is 0.117. The van der Waals surface area contributed by atoms with Crippen molar-refractivity contribution in [1.82, 2.24) is 4.98 Å². The molecule has 0 spiro atoms. The number of pyridine rings is 1. The van der Waals surface area contributed by atoms with E-state index in [0.29, 0.717) is 41.6 Å². The van der Waals surface area contributed by atoms with Gasteiger partial charge in [0.25, 0.3) is 0 Å². The standard InChI is InChI=1S/C33H45NO6/c1-5-25(3)32(35)39-19-15-13-11-9-7-6-8-10-12-14-18-38-31-22-26-21-28(33(36)40-30(26)23-34-31)27-17-16-24(2)20-29(27)37-4/h16-17,20-23,25H,5-15,18-19H2,1-4H3. The lowest BCUT2D eigenvalue weighted by molar-refractivity contribution is -0.148. The molecule has 1 unspecified atom stereocenters. The van der Waals surface area contributed by atoms with E-state index in [1.54, 1.807) is 13.3 Å². The van der Waals surface area contributed by atoms with Crippen LogP contribution in [0.1, 0.15) is 90.0 Å². The van der Waals surface area contributed by atoms with Crippen LogP contribution < -0.4 is 15.1 Å². The van der Waals surface area contributed by atoms with Gasteiger partial charge in [-0.2, -0.15) is 0 Å². The van der Waals surface area contributed by atoms with Crippen LogP contribution in [0.25, 0.3) is 22.1 Å². The molecule has 2 heterocycles. The number of rotatable bonds is 18. The van der Waals surface area contributed by atoms with E-state index in [1.807, 2.05) is 51.1 Å². The van der Waals surface area contributed by atoms with Gasteiger partial charge in [-0.3, -0.25) is 4.79 Å². The fourth-order valence-corrected chi connectivity index (χ4v) is 4.57. The minimum Gasteiger partial charge on any atom is -0.496 e. The molecule has 0 amide bonds. The Morgan fingerprint density at radius 2 is 1.55 bits per heavy atom. The molecule has 0 saturated heterocycles. The number of esters is 1. The monoisotopic (exact) mass is 551 g/mol. The zero-order chi connectivity index (χ0) is 28.7. The maximum Gasteiger partial charge on any atom is 0.344 e. The predicted molar refractivity (Wildman–Crippen MR) is 159 cm³/mol. The van der Waals surface area contributed by atoms with Gasteiger partial charge in [-0.05, 0) is 43.9 Å². The van der Waals surface area contributed by atoms with Gasteiger partial charge in [-0.25, -0.2) is 9.78 Å². The average Bonchev–Trinajstić information content (AvgIpc) is 2.96. The van der Waals surface area contributed by atoms with Gasteiger partial charge in [0.05, 0.1) is 38.0 Å². The molecule has 7 heteroatoms. The lowest BCUT2D eigenvalue weighted by atomic mass is 10.0. The van der Waals surface area contributed by atoms with Gasteiger partial charge in [-0.15, -0.1) is 0 Å². The molecule has 2 aromatic heterocycles. The Kier molecular flexibility index (Phi) is 13.0. The van der Waals surface area contributed by atoms with Crippen LogP contribution in [0.2, 0.25) is 0 Å². The van der Waals surface area contributed by atoms with Crippen LogP contribution in [-0.4, -0.2) is 31.3 Å². The van der Waals surface area contributed by atoms with Crippen molar-refractivity contribution in [1.29, 1.82) is 0 Å². The van der Waals surface area contributed by atoms with Crippen LogP contribution in [-0.2, 0) is 9.53 Å². The summed E-state index contributed by atoms with van der Waals surface area (Å²) in [4.78, 5) is 28.6. The third kappa shape index (κ3) is 9.68. The van der Waals surface area contributed by atoms with Crippen molar-refractivity contribution in [3.63, 3.8) is 0 Å². The number of aromatic nitrogens is 1. The number of fused-ring (bicyclic) bond motifs is 1. The molecule has 1 aromatic carbocycles. The molecule has 0 saturated carbocycles. The van der Waals surface area contributed by atoms with Gasteiger partial charge < -0.3 is 18.6 Å². The largest absolute Gasteiger partial charge is 0.496 e. The number of ether oxygens (including phenoxy) is 3. The summed E-state index contributed by atoms with van der Waals surface area (Å²) in [5.41, 5.74) is 2.20. The fraction of sp³-hybridized carbons (Fsp3) is 0.545. The molecule has 0 bridgehead atoms. The summed E-state index contributed by atoms with van der Waals surface area (Å²) in [6.07, 6.45) is 14.0. The number of hydrogen-bond donors (Lipinski definition) is 0. The fourth-order valence-electron chi connectivity index (χ4n) is 4.57. The van der Waals surface area contributed by atoms with E-state index in [-0.39, 0.29) is 11.9 Å². The maximum absolute atomic E-state index is 12.6. The SMILES string of the molecule is CCC(C)C(=O)OCCCCCCCCCCCCOc1cc2cc(-c3ccc(C)cc3OC)c(=O)oc2cn1. The molecule has 7 nitrogen and oxygen atoms in total. The molecular weight excluding hydrogens is 506 g/mol. The number of benzene rings is 1.